The fraction of sp³-hybridized carbons (Fsp3) is 0.273. The van der Waals surface area contributed by atoms with Crippen molar-refractivity contribution in [1.29, 1.82) is 0 Å². The number of hydrogen-bond acceptors (Lipinski definition) is 4. The number of nitrogens with zero attached hydrogens (tertiary/aromatic N) is 2. The van der Waals surface area contributed by atoms with Crippen molar-refractivity contribution in [3.05, 3.63) is 70.9 Å². The van der Waals surface area contributed by atoms with E-state index in [1.165, 1.54) is 5.56 Å². The number of aromatic nitrogens is 2. The second kappa shape index (κ2) is 7.48. The first-order valence-electron chi connectivity index (χ1n) is 9.41. The third-order valence-electron chi connectivity index (χ3n) is 5.26. The molecule has 1 atom stereocenters. The molecule has 2 aromatic carbocycles. The molecule has 0 saturated carbocycles. The summed E-state index contributed by atoms with van der Waals surface area (Å²) < 4.78 is 5.22. The molecule has 0 radical (unpaired) electrons. The number of carbonyl (C=O) groups excluding carboxylic acids is 1. The van der Waals surface area contributed by atoms with Crippen molar-refractivity contribution >= 4 is 5.91 Å². The lowest BCUT2D eigenvalue weighted by Gasteiger charge is -2.26. The van der Waals surface area contributed by atoms with E-state index in [2.05, 4.69) is 41.4 Å². The standard InChI is InChI=1S/C22H23N3O3/c1-3-14-8-10-15(11-9-14)21-18-19(16-6-4-5-7-17(16)26)23-24-20(18)22(27)25(21)12-13-28-2/h4-11,21,26H,3,12-13H2,1-2H3,(H,23,24)/t21-/m1/s1. The molecule has 6 nitrogen and oxygen atoms in total. The molecule has 1 aliphatic heterocycles. The molecule has 0 bridgehead atoms. The molecule has 3 aromatic rings. The normalized spacial score (nSPS) is 15.9. The molecule has 0 fully saturated rings. The van der Waals surface area contributed by atoms with Crippen molar-refractivity contribution in [1.82, 2.24) is 15.1 Å². The van der Waals surface area contributed by atoms with Crippen LogP contribution < -0.4 is 0 Å². The summed E-state index contributed by atoms with van der Waals surface area (Å²) in [7, 11) is 1.62. The Balaban J connectivity index is 1.86. The van der Waals surface area contributed by atoms with Crippen LogP contribution >= 0.6 is 0 Å². The topological polar surface area (TPSA) is 78.5 Å². The number of carbonyl (C=O) groups is 1. The molecule has 0 unspecified atom stereocenters. The molecule has 2 N–H and O–H groups in total. The van der Waals surface area contributed by atoms with Crippen LogP contribution in [0.2, 0.25) is 0 Å². The number of phenolic OH excluding ortho intramolecular Hbond substituents is 1. The highest BCUT2D eigenvalue weighted by Crippen LogP contribution is 2.44. The summed E-state index contributed by atoms with van der Waals surface area (Å²) in [4.78, 5) is 14.9. The number of benzene rings is 2. The van der Waals surface area contributed by atoms with Crippen molar-refractivity contribution in [2.75, 3.05) is 20.3 Å². The smallest absolute Gasteiger partial charge is 0.273 e. The molecule has 1 amide bonds. The van der Waals surface area contributed by atoms with E-state index >= 15 is 0 Å². The van der Waals surface area contributed by atoms with E-state index < -0.39 is 0 Å². The van der Waals surface area contributed by atoms with Gasteiger partial charge in [-0.15, -0.1) is 0 Å². The Kier molecular flexibility index (Phi) is 4.88. The number of nitrogens with one attached hydrogen (secondary N) is 1. The maximum atomic E-state index is 13.1. The zero-order valence-electron chi connectivity index (χ0n) is 16.0. The Hall–Kier alpha value is -3.12. The number of H-pyrrole nitrogens is 1. The molecule has 0 saturated heterocycles. The van der Waals surface area contributed by atoms with Crippen LogP contribution in [0.3, 0.4) is 0 Å². The third kappa shape index (κ3) is 2.96. The van der Waals surface area contributed by atoms with E-state index in [0.29, 0.717) is 30.1 Å². The number of aromatic hydroxyl groups is 1. The lowest BCUT2D eigenvalue weighted by atomic mass is 9.95. The number of ether oxygens (including phenoxy) is 1. The molecule has 0 spiro atoms. The average Bonchev–Trinajstić information content (AvgIpc) is 3.26. The van der Waals surface area contributed by atoms with E-state index in [0.717, 1.165) is 17.5 Å². The first-order chi connectivity index (χ1) is 13.7. The lowest BCUT2D eigenvalue weighted by Crippen LogP contribution is -2.32. The van der Waals surface area contributed by atoms with Crippen LogP contribution in [0, 0.1) is 0 Å². The number of rotatable bonds is 6. The maximum Gasteiger partial charge on any atom is 0.273 e. The van der Waals surface area contributed by atoms with Gasteiger partial charge in [-0.2, -0.15) is 5.10 Å². The van der Waals surface area contributed by atoms with Crippen LogP contribution in [0.1, 0.15) is 40.1 Å². The summed E-state index contributed by atoms with van der Waals surface area (Å²) in [6, 6.07) is 15.1. The summed E-state index contributed by atoms with van der Waals surface area (Å²) in [5.74, 6) is 0.0328. The van der Waals surface area contributed by atoms with E-state index in [-0.39, 0.29) is 17.7 Å². The van der Waals surface area contributed by atoms with Gasteiger partial charge in [0.2, 0.25) is 0 Å². The zero-order valence-corrected chi connectivity index (χ0v) is 16.0. The monoisotopic (exact) mass is 377 g/mol. The van der Waals surface area contributed by atoms with Gasteiger partial charge in [-0.05, 0) is 29.7 Å². The van der Waals surface area contributed by atoms with Gasteiger partial charge in [0.15, 0.2) is 0 Å². The number of aryl methyl sites for hydroxylation is 1. The third-order valence-corrected chi connectivity index (χ3v) is 5.26. The van der Waals surface area contributed by atoms with Crippen LogP contribution in [-0.2, 0) is 11.2 Å². The lowest BCUT2D eigenvalue weighted by molar-refractivity contribution is 0.0677. The fourth-order valence-corrected chi connectivity index (χ4v) is 3.78. The Morgan fingerprint density at radius 3 is 2.61 bits per heavy atom. The van der Waals surface area contributed by atoms with Crippen molar-refractivity contribution < 1.29 is 14.6 Å². The quantitative estimate of drug-likeness (QED) is 0.689. The zero-order chi connectivity index (χ0) is 19.7. The van der Waals surface area contributed by atoms with Crippen LogP contribution in [0.15, 0.2) is 48.5 Å². The Labute approximate surface area is 163 Å². The van der Waals surface area contributed by atoms with E-state index in [4.69, 9.17) is 4.74 Å². The van der Waals surface area contributed by atoms with Gasteiger partial charge in [0, 0.05) is 24.8 Å². The Morgan fingerprint density at radius 2 is 1.93 bits per heavy atom. The van der Waals surface area contributed by atoms with E-state index in [1.807, 2.05) is 12.1 Å². The molecule has 6 heteroatoms. The predicted octanol–water partition coefficient (Wildman–Crippen LogP) is 3.54. The van der Waals surface area contributed by atoms with Gasteiger partial charge in [-0.1, -0.05) is 43.3 Å². The number of phenols is 1. The first-order valence-corrected chi connectivity index (χ1v) is 9.41. The first kappa shape index (κ1) is 18.3. The highest BCUT2D eigenvalue weighted by atomic mass is 16.5. The van der Waals surface area contributed by atoms with Crippen molar-refractivity contribution in [3.63, 3.8) is 0 Å². The van der Waals surface area contributed by atoms with Crippen LogP contribution in [-0.4, -0.2) is 46.4 Å². The molecule has 2 heterocycles. The summed E-state index contributed by atoms with van der Waals surface area (Å²) >= 11 is 0. The summed E-state index contributed by atoms with van der Waals surface area (Å²) in [6.07, 6.45) is 0.956. The summed E-state index contributed by atoms with van der Waals surface area (Å²) in [5.41, 5.74) is 4.73. The largest absolute Gasteiger partial charge is 0.507 e. The number of fused-ring (bicyclic) bond motifs is 1. The fourth-order valence-electron chi connectivity index (χ4n) is 3.78. The highest BCUT2D eigenvalue weighted by molar-refractivity contribution is 6.00. The van der Waals surface area contributed by atoms with Crippen molar-refractivity contribution in [2.24, 2.45) is 0 Å². The van der Waals surface area contributed by atoms with Gasteiger partial charge in [-0.25, -0.2) is 0 Å². The van der Waals surface area contributed by atoms with Crippen LogP contribution in [0.25, 0.3) is 11.3 Å². The number of aromatic amines is 1. The molecule has 144 valence electrons. The molecule has 1 aliphatic rings. The highest BCUT2D eigenvalue weighted by Gasteiger charge is 2.42. The SMILES string of the molecule is CCc1ccc([C@@H]2c3c(-c4ccccc4O)n[nH]c3C(=O)N2CCOC)cc1. The van der Waals surface area contributed by atoms with Crippen molar-refractivity contribution in [3.8, 4) is 17.0 Å². The van der Waals surface area contributed by atoms with Gasteiger partial charge in [-0.3, -0.25) is 9.89 Å². The summed E-state index contributed by atoms with van der Waals surface area (Å²) in [5, 5.41) is 17.6. The van der Waals surface area contributed by atoms with E-state index in [1.54, 1.807) is 24.1 Å². The minimum Gasteiger partial charge on any atom is -0.507 e. The number of amides is 1. The second-order valence-corrected chi connectivity index (χ2v) is 6.87. The molecule has 28 heavy (non-hydrogen) atoms. The minimum atomic E-state index is -0.281. The Morgan fingerprint density at radius 1 is 1.18 bits per heavy atom. The number of para-hydroxylation sites is 1. The maximum absolute atomic E-state index is 13.1. The van der Waals surface area contributed by atoms with E-state index in [9.17, 15) is 9.90 Å². The Bertz CT molecular complexity index is 995. The predicted molar refractivity (Wildman–Crippen MR) is 106 cm³/mol. The average molecular weight is 377 g/mol. The molecule has 4 rings (SSSR count). The van der Waals surface area contributed by atoms with Gasteiger partial charge in [0.1, 0.15) is 17.1 Å². The second-order valence-electron chi connectivity index (χ2n) is 6.87. The summed E-state index contributed by atoms with van der Waals surface area (Å²) in [6.45, 7) is 3.03. The molecule has 1 aromatic heterocycles. The molecular formula is C22H23N3O3. The van der Waals surface area contributed by atoms with Crippen LogP contribution in [0.5, 0.6) is 5.75 Å². The molecular weight excluding hydrogens is 354 g/mol. The van der Waals surface area contributed by atoms with Crippen molar-refractivity contribution in [2.45, 2.75) is 19.4 Å². The minimum absolute atomic E-state index is 0.106. The van der Waals surface area contributed by atoms with Gasteiger partial charge >= 0.3 is 0 Å². The van der Waals surface area contributed by atoms with Gasteiger partial charge < -0.3 is 14.7 Å². The number of methoxy groups -OCH3 is 1. The van der Waals surface area contributed by atoms with Crippen LogP contribution in [0.4, 0.5) is 0 Å². The molecule has 0 aliphatic carbocycles. The number of hydrogen-bond donors (Lipinski definition) is 2. The van der Waals surface area contributed by atoms with Gasteiger partial charge in [0.25, 0.3) is 5.91 Å². The van der Waals surface area contributed by atoms with Gasteiger partial charge in [0.05, 0.1) is 12.6 Å².